The molecule has 0 spiro atoms. The van der Waals surface area contributed by atoms with E-state index < -0.39 is 0 Å². The second kappa shape index (κ2) is 6.73. The highest BCUT2D eigenvalue weighted by Crippen LogP contribution is 2.30. The van der Waals surface area contributed by atoms with Gasteiger partial charge in [-0.15, -0.1) is 0 Å². The van der Waals surface area contributed by atoms with Crippen LogP contribution in [0.15, 0.2) is 24.3 Å². The number of nitriles is 1. The molecule has 0 heterocycles. The van der Waals surface area contributed by atoms with Crippen LogP contribution in [0.4, 0.5) is 0 Å². The van der Waals surface area contributed by atoms with Gasteiger partial charge in [-0.1, -0.05) is 38.8 Å². The maximum Gasteiger partial charge on any atom is 0.0991 e. The summed E-state index contributed by atoms with van der Waals surface area (Å²) in [6.45, 7) is 5.60. The average molecular weight is 256 g/mol. The van der Waals surface area contributed by atoms with Crippen molar-refractivity contribution in [2.75, 3.05) is 0 Å². The first-order valence-corrected chi connectivity index (χ1v) is 7.43. The van der Waals surface area contributed by atoms with Crippen molar-refractivity contribution in [2.45, 2.75) is 52.1 Å². The fourth-order valence-corrected chi connectivity index (χ4v) is 3.16. The lowest BCUT2D eigenvalue weighted by molar-refractivity contribution is 0.204. The highest BCUT2D eigenvalue weighted by Gasteiger charge is 2.26. The van der Waals surface area contributed by atoms with Gasteiger partial charge in [-0.25, -0.2) is 0 Å². The van der Waals surface area contributed by atoms with E-state index in [1.54, 1.807) is 0 Å². The van der Waals surface area contributed by atoms with Crippen LogP contribution in [0.3, 0.4) is 0 Å². The van der Waals surface area contributed by atoms with E-state index >= 15 is 0 Å². The summed E-state index contributed by atoms with van der Waals surface area (Å²) in [4.78, 5) is 0. The van der Waals surface area contributed by atoms with Crippen LogP contribution in [0.2, 0.25) is 0 Å². The molecule has 0 radical (unpaired) electrons. The number of rotatable bonds is 4. The summed E-state index contributed by atoms with van der Waals surface area (Å²) in [6.07, 6.45) is 5.41. The Bertz CT molecular complexity index is 428. The van der Waals surface area contributed by atoms with E-state index in [2.05, 4.69) is 37.4 Å². The Morgan fingerprint density at radius 3 is 2.53 bits per heavy atom. The summed E-state index contributed by atoms with van der Waals surface area (Å²) in [7, 11) is 0. The molecule has 19 heavy (non-hydrogen) atoms. The Balaban J connectivity index is 1.91. The lowest BCUT2D eigenvalue weighted by Crippen LogP contribution is -2.40. The molecule has 0 bridgehead atoms. The largest absolute Gasteiger partial charge is 0.310 e. The molecule has 1 aliphatic carbocycles. The fourth-order valence-electron chi connectivity index (χ4n) is 3.16. The van der Waals surface area contributed by atoms with E-state index in [-0.39, 0.29) is 0 Å². The van der Waals surface area contributed by atoms with E-state index in [0.717, 1.165) is 23.9 Å². The van der Waals surface area contributed by atoms with Gasteiger partial charge in [0.05, 0.1) is 11.6 Å². The van der Waals surface area contributed by atoms with Gasteiger partial charge in [-0.3, -0.25) is 0 Å². The Morgan fingerprint density at radius 2 is 1.89 bits per heavy atom. The standard InChI is InChI=1S/C17H24N2/c1-13(2)16-5-3-4-6-17(16)19-12-15-9-7-14(11-18)8-10-15/h7-10,13,16-17,19H,3-6,12H2,1-2H3. The SMILES string of the molecule is CC(C)C1CCCCC1NCc1ccc(C#N)cc1. The molecular formula is C17H24N2. The second-order valence-corrected chi connectivity index (χ2v) is 5.99. The quantitative estimate of drug-likeness (QED) is 0.888. The lowest BCUT2D eigenvalue weighted by atomic mass is 9.78. The predicted molar refractivity (Wildman–Crippen MR) is 78.6 cm³/mol. The number of benzene rings is 1. The molecule has 0 aromatic heterocycles. The molecule has 1 aromatic carbocycles. The summed E-state index contributed by atoms with van der Waals surface area (Å²) in [6, 6.07) is 10.7. The highest BCUT2D eigenvalue weighted by atomic mass is 14.9. The number of hydrogen-bond acceptors (Lipinski definition) is 2. The molecule has 2 atom stereocenters. The molecule has 2 heteroatoms. The van der Waals surface area contributed by atoms with Gasteiger partial charge in [-0.05, 0) is 42.4 Å². The topological polar surface area (TPSA) is 35.8 Å². The first-order chi connectivity index (χ1) is 9.20. The highest BCUT2D eigenvalue weighted by molar-refractivity contribution is 5.31. The van der Waals surface area contributed by atoms with Gasteiger partial charge in [0.2, 0.25) is 0 Å². The van der Waals surface area contributed by atoms with E-state index in [1.807, 2.05) is 12.1 Å². The summed E-state index contributed by atoms with van der Waals surface area (Å²) in [5.74, 6) is 1.57. The molecule has 1 N–H and O–H groups in total. The van der Waals surface area contributed by atoms with Gasteiger partial charge in [0.25, 0.3) is 0 Å². The average Bonchev–Trinajstić information content (AvgIpc) is 2.46. The van der Waals surface area contributed by atoms with Crippen LogP contribution < -0.4 is 5.32 Å². The zero-order valence-electron chi connectivity index (χ0n) is 12.0. The lowest BCUT2D eigenvalue weighted by Gasteiger charge is -2.35. The minimum Gasteiger partial charge on any atom is -0.310 e. The summed E-state index contributed by atoms with van der Waals surface area (Å²) < 4.78 is 0. The van der Waals surface area contributed by atoms with Crippen molar-refractivity contribution >= 4 is 0 Å². The van der Waals surface area contributed by atoms with Crippen LogP contribution in [-0.2, 0) is 6.54 Å². The smallest absolute Gasteiger partial charge is 0.0991 e. The van der Waals surface area contributed by atoms with Gasteiger partial charge in [0, 0.05) is 12.6 Å². The molecule has 1 fully saturated rings. The molecule has 102 valence electrons. The van der Waals surface area contributed by atoms with Gasteiger partial charge in [0.15, 0.2) is 0 Å². The fraction of sp³-hybridized carbons (Fsp3) is 0.588. The van der Waals surface area contributed by atoms with Crippen LogP contribution in [0.5, 0.6) is 0 Å². The monoisotopic (exact) mass is 256 g/mol. The zero-order valence-corrected chi connectivity index (χ0v) is 12.0. The van der Waals surface area contributed by atoms with Gasteiger partial charge in [-0.2, -0.15) is 5.26 Å². The molecule has 0 amide bonds. The van der Waals surface area contributed by atoms with Crippen molar-refractivity contribution < 1.29 is 0 Å². The van der Waals surface area contributed by atoms with Crippen LogP contribution in [0, 0.1) is 23.2 Å². The molecule has 2 unspecified atom stereocenters. The molecule has 1 aliphatic rings. The molecule has 2 rings (SSSR count). The molecule has 0 aliphatic heterocycles. The van der Waals surface area contributed by atoms with Crippen LogP contribution in [-0.4, -0.2) is 6.04 Å². The van der Waals surface area contributed by atoms with Gasteiger partial charge in [0.1, 0.15) is 0 Å². The Labute approximate surface area is 116 Å². The summed E-state index contributed by atoms with van der Waals surface area (Å²) >= 11 is 0. The van der Waals surface area contributed by atoms with Crippen LogP contribution in [0.25, 0.3) is 0 Å². The van der Waals surface area contributed by atoms with E-state index in [9.17, 15) is 0 Å². The molecule has 2 nitrogen and oxygen atoms in total. The van der Waals surface area contributed by atoms with Crippen molar-refractivity contribution in [1.29, 1.82) is 5.26 Å². The number of nitrogens with zero attached hydrogens (tertiary/aromatic N) is 1. The Hall–Kier alpha value is -1.33. The van der Waals surface area contributed by atoms with Crippen LogP contribution >= 0.6 is 0 Å². The van der Waals surface area contributed by atoms with Crippen molar-refractivity contribution in [2.24, 2.45) is 11.8 Å². The van der Waals surface area contributed by atoms with E-state index in [1.165, 1.54) is 31.2 Å². The van der Waals surface area contributed by atoms with Crippen molar-refractivity contribution in [3.63, 3.8) is 0 Å². The maximum atomic E-state index is 8.79. The minimum absolute atomic E-state index is 0.657. The Morgan fingerprint density at radius 1 is 1.21 bits per heavy atom. The maximum absolute atomic E-state index is 8.79. The molecular weight excluding hydrogens is 232 g/mol. The van der Waals surface area contributed by atoms with Gasteiger partial charge < -0.3 is 5.32 Å². The van der Waals surface area contributed by atoms with Gasteiger partial charge >= 0.3 is 0 Å². The summed E-state index contributed by atoms with van der Waals surface area (Å²) in [5.41, 5.74) is 2.01. The Kier molecular flexibility index (Phi) is 4.99. The van der Waals surface area contributed by atoms with Crippen molar-refractivity contribution in [3.05, 3.63) is 35.4 Å². The third-order valence-corrected chi connectivity index (χ3v) is 4.33. The van der Waals surface area contributed by atoms with E-state index in [4.69, 9.17) is 5.26 Å². The second-order valence-electron chi connectivity index (χ2n) is 5.99. The zero-order chi connectivity index (χ0) is 13.7. The first-order valence-electron chi connectivity index (χ1n) is 7.43. The third kappa shape index (κ3) is 3.81. The third-order valence-electron chi connectivity index (χ3n) is 4.33. The van der Waals surface area contributed by atoms with Crippen molar-refractivity contribution in [3.8, 4) is 6.07 Å². The molecule has 0 saturated heterocycles. The number of nitrogens with one attached hydrogen (secondary N) is 1. The van der Waals surface area contributed by atoms with E-state index in [0.29, 0.717) is 6.04 Å². The summed E-state index contributed by atoms with van der Waals surface area (Å²) in [5, 5.41) is 12.5. The predicted octanol–water partition coefficient (Wildman–Crippen LogP) is 3.86. The van der Waals surface area contributed by atoms with Crippen molar-refractivity contribution in [1.82, 2.24) is 5.32 Å². The molecule has 1 saturated carbocycles. The normalized spacial score (nSPS) is 23.3. The first kappa shape index (κ1) is 14.1. The van der Waals surface area contributed by atoms with Crippen LogP contribution in [0.1, 0.15) is 50.7 Å². The number of hydrogen-bond donors (Lipinski definition) is 1. The molecule has 1 aromatic rings. The minimum atomic E-state index is 0.657.